The lowest BCUT2D eigenvalue weighted by atomic mass is 9.94. The first-order valence-corrected chi connectivity index (χ1v) is 13.9. The van der Waals surface area contributed by atoms with Gasteiger partial charge in [-0.2, -0.15) is 4.98 Å². The molecule has 4 aromatic rings. The van der Waals surface area contributed by atoms with Gasteiger partial charge in [-0.25, -0.2) is 9.18 Å². The molecule has 0 saturated carbocycles. The van der Waals surface area contributed by atoms with Crippen LogP contribution in [0.2, 0.25) is 0 Å². The van der Waals surface area contributed by atoms with Gasteiger partial charge in [0.1, 0.15) is 18.2 Å². The fraction of sp³-hybridized carbons (Fsp3) is 0.312. The fourth-order valence-electron chi connectivity index (χ4n) is 6.03. The number of piperazine rings is 1. The van der Waals surface area contributed by atoms with Crippen molar-refractivity contribution in [2.75, 3.05) is 24.5 Å². The number of hydrogen-bond acceptors (Lipinski definition) is 6. The molecule has 0 aliphatic carbocycles. The molecule has 1 saturated heterocycles. The summed E-state index contributed by atoms with van der Waals surface area (Å²) in [5.74, 6) is 0.0618. The van der Waals surface area contributed by atoms with Crippen LogP contribution in [0.15, 0.2) is 60.0 Å². The van der Waals surface area contributed by atoms with Crippen molar-refractivity contribution < 1.29 is 13.9 Å². The second-order valence-electron chi connectivity index (χ2n) is 11.0. The number of fused-ring (bicyclic) bond motifs is 4. The van der Waals surface area contributed by atoms with Gasteiger partial charge in [0.15, 0.2) is 5.82 Å². The molecule has 0 radical (unpaired) electrons. The number of benzene rings is 2. The predicted molar refractivity (Wildman–Crippen MR) is 157 cm³/mol. The third kappa shape index (κ3) is 4.27. The summed E-state index contributed by atoms with van der Waals surface area (Å²) in [6.45, 7) is 13.0. The van der Waals surface area contributed by atoms with Crippen LogP contribution in [-0.2, 0) is 11.4 Å². The van der Waals surface area contributed by atoms with E-state index in [1.165, 1.54) is 10.6 Å². The summed E-state index contributed by atoms with van der Waals surface area (Å²) >= 11 is 0. The summed E-state index contributed by atoms with van der Waals surface area (Å²) < 4.78 is 24.6. The average molecular weight is 554 g/mol. The van der Waals surface area contributed by atoms with Gasteiger partial charge in [0.2, 0.25) is 5.91 Å². The quantitative estimate of drug-likeness (QED) is 0.326. The molecule has 2 aromatic carbocycles. The topological polar surface area (TPSA) is 80.6 Å². The monoisotopic (exact) mass is 553 g/mol. The zero-order valence-corrected chi connectivity index (χ0v) is 23.6. The van der Waals surface area contributed by atoms with Crippen LogP contribution >= 0.6 is 0 Å². The van der Waals surface area contributed by atoms with E-state index in [1.54, 1.807) is 17.2 Å². The minimum atomic E-state index is -0.592. The average Bonchev–Trinajstić information content (AvgIpc) is 2.96. The predicted octanol–water partition coefficient (Wildman–Crippen LogP) is 5.13. The van der Waals surface area contributed by atoms with E-state index in [0.29, 0.717) is 60.1 Å². The maximum Gasteiger partial charge on any atom is 0.354 e. The first-order chi connectivity index (χ1) is 19.7. The van der Waals surface area contributed by atoms with Gasteiger partial charge >= 0.3 is 5.69 Å². The summed E-state index contributed by atoms with van der Waals surface area (Å²) in [7, 11) is 0. The van der Waals surface area contributed by atoms with Gasteiger partial charge < -0.3 is 14.5 Å². The van der Waals surface area contributed by atoms with E-state index in [-0.39, 0.29) is 23.4 Å². The Morgan fingerprint density at radius 3 is 2.73 bits per heavy atom. The molecule has 210 valence electrons. The maximum absolute atomic E-state index is 17.1. The Labute approximate surface area is 237 Å². The fourth-order valence-corrected chi connectivity index (χ4v) is 6.03. The van der Waals surface area contributed by atoms with Crippen molar-refractivity contribution in [2.45, 2.75) is 46.3 Å². The molecule has 41 heavy (non-hydrogen) atoms. The Morgan fingerprint density at radius 2 is 2.00 bits per heavy atom. The molecule has 1 atom stereocenters. The van der Waals surface area contributed by atoms with Crippen LogP contribution in [0.1, 0.15) is 43.5 Å². The number of anilines is 1. The number of hydrogen-bond donors (Lipinski definition) is 0. The lowest BCUT2D eigenvalue weighted by molar-refractivity contribution is -0.126. The third-order valence-corrected chi connectivity index (χ3v) is 8.04. The molecule has 0 unspecified atom stereocenters. The number of nitrogens with zero attached hydrogens (tertiary/aromatic N) is 5. The first-order valence-electron chi connectivity index (χ1n) is 13.9. The summed E-state index contributed by atoms with van der Waals surface area (Å²) in [6.07, 6.45) is 3.01. The van der Waals surface area contributed by atoms with E-state index in [2.05, 4.69) is 16.5 Å². The molecule has 1 amide bonds. The molecular formula is C32H32FN5O3. The molecule has 4 heterocycles. The van der Waals surface area contributed by atoms with Gasteiger partial charge in [-0.3, -0.25) is 14.3 Å². The summed E-state index contributed by atoms with van der Waals surface area (Å²) in [5.41, 5.74) is 3.49. The van der Waals surface area contributed by atoms with Gasteiger partial charge in [-0.1, -0.05) is 44.7 Å². The number of ether oxygens (including phenoxy) is 1. The van der Waals surface area contributed by atoms with Gasteiger partial charge in [-0.15, -0.1) is 0 Å². The maximum atomic E-state index is 17.1. The normalized spacial score (nSPS) is 16.4. The Hall–Kier alpha value is -4.53. The number of pyridine rings is 1. The highest BCUT2D eigenvalue weighted by molar-refractivity contribution is 5.98. The number of rotatable bonds is 4. The Morgan fingerprint density at radius 1 is 1.22 bits per heavy atom. The molecule has 0 N–H and O–H groups in total. The SMILES string of the molecule is C=CC(=O)N1CCN(c2nc(=O)n(-c3c(C)ccnc3C(C)C)c3c(F)c4c(cc23)OCc2ccccc2-4)[C@@H](C)C1. The van der Waals surface area contributed by atoms with Crippen LogP contribution in [0.25, 0.3) is 27.7 Å². The van der Waals surface area contributed by atoms with Crippen LogP contribution in [0, 0.1) is 12.7 Å². The van der Waals surface area contributed by atoms with Gasteiger partial charge in [-0.05, 0) is 54.7 Å². The van der Waals surface area contributed by atoms with Crippen LogP contribution in [0.3, 0.4) is 0 Å². The second kappa shape index (κ2) is 10.1. The van der Waals surface area contributed by atoms with E-state index in [0.717, 1.165) is 16.7 Å². The van der Waals surface area contributed by atoms with E-state index in [9.17, 15) is 9.59 Å². The van der Waals surface area contributed by atoms with E-state index < -0.39 is 11.5 Å². The molecule has 2 aliphatic heterocycles. The van der Waals surface area contributed by atoms with Crippen molar-refractivity contribution in [2.24, 2.45) is 0 Å². The largest absolute Gasteiger partial charge is 0.488 e. The van der Waals surface area contributed by atoms with E-state index in [4.69, 9.17) is 4.74 Å². The molecule has 8 nitrogen and oxygen atoms in total. The molecule has 9 heteroatoms. The highest BCUT2D eigenvalue weighted by Crippen LogP contribution is 2.45. The van der Waals surface area contributed by atoms with Gasteiger partial charge in [0.25, 0.3) is 0 Å². The molecule has 1 fully saturated rings. The molecule has 6 rings (SSSR count). The van der Waals surface area contributed by atoms with Gasteiger partial charge in [0.05, 0.1) is 22.5 Å². The third-order valence-electron chi connectivity index (χ3n) is 8.04. The van der Waals surface area contributed by atoms with Crippen molar-refractivity contribution in [1.29, 1.82) is 0 Å². The second-order valence-corrected chi connectivity index (χ2v) is 11.0. The van der Waals surface area contributed by atoms with Crippen molar-refractivity contribution in [3.8, 4) is 22.6 Å². The molecule has 2 aliphatic rings. The van der Waals surface area contributed by atoms with Gasteiger partial charge in [0, 0.05) is 37.3 Å². The summed E-state index contributed by atoms with van der Waals surface area (Å²) in [5, 5.41) is 0.466. The zero-order chi connectivity index (χ0) is 29.0. The number of aromatic nitrogens is 3. The molecule has 2 aromatic heterocycles. The van der Waals surface area contributed by atoms with Crippen LogP contribution < -0.4 is 15.3 Å². The van der Waals surface area contributed by atoms with Crippen LogP contribution in [-0.4, -0.2) is 51.0 Å². The number of halogens is 1. The van der Waals surface area contributed by atoms with Crippen LogP contribution in [0.5, 0.6) is 5.75 Å². The minimum Gasteiger partial charge on any atom is -0.488 e. The first kappa shape index (κ1) is 26.7. The van der Waals surface area contributed by atoms with Crippen molar-refractivity contribution in [1.82, 2.24) is 19.4 Å². The highest BCUT2D eigenvalue weighted by Gasteiger charge is 2.33. The Bertz CT molecular complexity index is 1780. The summed E-state index contributed by atoms with van der Waals surface area (Å²) in [4.78, 5) is 39.2. The van der Waals surface area contributed by atoms with Crippen molar-refractivity contribution in [3.63, 3.8) is 0 Å². The number of amides is 1. The summed E-state index contributed by atoms with van der Waals surface area (Å²) in [6, 6.07) is 11.0. The Balaban J connectivity index is 1.67. The number of aryl methyl sites for hydroxylation is 1. The lowest BCUT2D eigenvalue weighted by Crippen LogP contribution is -2.54. The van der Waals surface area contributed by atoms with Crippen molar-refractivity contribution >= 4 is 22.6 Å². The smallest absolute Gasteiger partial charge is 0.354 e. The molecule has 0 bridgehead atoms. The number of carbonyl (C=O) groups is 1. The lowest BCUT2D eigenvalue weighted by Gasteiger charge is -2.40. The standard InChI is InChI=1S/C32H32FN5O3/c1-6-25(39)36-13-14-37(20(5)16-36)31-23-15-24-26(22-10-8-7-9-21(22)17-41-24)27(33)30(23)38(32(40)35-31)29-19(4)11-12-34-28(29)18(2)3/h6-12,15,18,20H,1,13-14,16-17H2,2-5H3/t20-/m0/s1. The number of carbonyl (C=O) groups excluding carboxylic acids is 1. The zero-order valence-electron chi connectivity index (χ0n) is 23.6. The van der Waals surface area contributed by atoms with E-state index >= 15 is 4.39 Å². The minimum absolute atomic E-state index is 0.0215. The van der Waals surface area contributed by atoms with E-state index in [1.807, 2.05) is 62.9 Å². The molecular weight excluding hydrogens is 521 g/mol. The Kier molecular flexibility index (Phi) is 6.60. The van der Waals surface area contributed by atoms with Crippen molar-refractivity contribution in [3.05, 3.63) is 88.4 Å². The van der Waals surface area contributed by atoms with Crippen LogP contribution in [0.4, 0.5) is 10.2 Å². The molecule has 0 spiro atoms. The highest BCUT2D eigenvalue weighted by atomic mass is 19.1.